The number of nitrogens with one attached hydrogen (secondary N) is 1. The first-order valence-corrected chi connectivity index (χ1v) is 8.54. The standard InChI is InChI=1S/C21H20N4O2/c1-25-17(14-5-4-8-22-12-14)9-15-13-23-21(11-18(15)25)24-16-6-7-19(26-2)20(10-16)27-3/h4-13H,1-3H3,(H,23,24). The molecule has 0 saturated carbocycles. The molecule has 3 heterocycles. The largest absolute Gasteiger partial charge is 0.493 e. The topological polar surface area (TPSA) is 61.2 Å². The summed E-state index contributed by atoms with van der Waals surface area (Å²) in [4.78, 5) is 8.75. The number of fused-ring (bicyclic) bond motifs is 1. The Hall–Kier alpha value is -3.54. The van der Waals surface area contributed by atoms with Crippen molar-refractivity contribution in [1.29, 1.82) is 0 Å². The van der Waals surface area contributed by atoms with E-state index in [0.717, 1.165) is 33.7 Å². The highest BCUT2D eigenvalue weighted by Crippen LogP contribution is 2.32. The second kappa shape index (κ2) is 6.99. The van der Waals surface area contributed by atoms with Crippen molar-refractivity contribution < 1.29 is 9.47 Å². The van der Waals surface area contributed by atoms with Gasteiger partial charge in [0.05, 0.1) is 25.4 Å². The number of hydrogen-bond donors (Lipinski definition) is 1. The molecule has 1 N–H and O–H groups in total. The van der Waals surface area contributed by atoms with Crippen molar-refractivity contribution in [2.75, 3.05) is 19.5 Å². The maximum Gasteiger partial charge on any atom is 0.162 e. The van der Waals surface area contributed by atoms with Crippen molar-refractivity contribution in [3.63, 3.8) is 0 Å². The number of hydrogen-bond acceptors (Lipinski definition) is 5. The second-order valence-electron chi connectivity index (χ2n) is 6.15. The molecule has 27 heavy (non-hydrogen) atoms. The lowest BCUT2D eigenvalue weighted by Crippen LogP contribution is -1.97. The van der Waals surface area contributed by atoms with E-state index in [2.05, 4.69) is 32.0 Å². The van der Waals surface area contributed by atoms with Gasteiger partial charge in [-0.05, 0) is 30.3 Å². The summed E-state index contributed by atoms with van der Waals surface area (Å²) in [5.74, 6) is 2.12. The Balaban J connectivity index is 1.69. The number of aryl methyl sites for hydroxylation is 1. The lowest BCUT2D eigenvalue weighted by atomic mass is 10.2. The van der Waals surface area contributed by atoms with E-state index in [-0.39, 0.29) is 0 Å². The maximum absolute atomic E-state index is 5.36. The number of methoxy groups -OCH3 is 2. The van der Waals surface area contributed by atoms with Crippen molar-refractivity contribution in [2.45, 2.75) is 0 Å². The number of aromatic nitrogens is 3. The molecular formula is C21H20N4O2. The first-order chi connectivity index (χ1) is 13.2. The number of anilines is 2. The smallest absolute Gasteiger partial charge is 0.162 e. The molecule has 0 aliphatic rings. The molecule has 0 aliphatic heterocycles. The first-order valence-electron chi connectivity index (χ1n) is 8.54. The van der Waals surface area contributed by atoms with Crippen LogP contribution in [0, 0.1) is 0 Å². The molecule has 4 rings (SSSR count). The van der Waals surface area contributed by atoms with Crippen molar-refractivity contribution in [2.24, 2.45) is 7.05 Å². The van der Waals surface area contributed by atoms with Gasteiger partial charge in [-0.15, -0.1) is 0 Å². The molecule has 0 aliphatic carbocycles. The van der Waals surface area contributed by atoms with E-state index in [1.54, 1.807) is 20.4 Å². The normalized spacial score (nSPS) is 10.8. The quantitative estimate of drug-likeness (QED) is 0.572. The van der Waals surface area contributed by atoms with Crippen molar-refractivity contribution in [3.05, 3.63) is 61.1 Å². The van der Waals surface area contributed by atoms with Gasteiger partial charge in [0.15, 0.2) is 11.5 Å². The van der Waals surface area contributed by atoms with Crippen LogP contribution in [0.25, 0.3) is 22.2 Å². The van der Waals surface area contributed by atoms with Crippen LogP contribution in [0.4, 0.5) is 11.5 Å². The number of benzene rings is 1. The van der Waals surface area contributed by atoms with E-state index in [4.69, 9.17) is 9.47 Å². The zero-order valence-corrected chi connectivity index (χ0v) is 15.4. The van der Waals surface area contributed by atoms with E-state index in [1.807, 2.05) is 49.8 Å². The van der Waals surface area contributed by atoms with E-state index >= 15 is 0 Å². The molecule has 1 aromatic carbocycles. The molecule has 0 atom stereocenters. The van der Waals surface area contributed by atoms with Crippen LogP contribution >= 0.6 is 0 Å². The second-order valence-corrected chi connectivity index (χ2v) is 6.15. The van der Waals surface area contributed by atoms with E-state index in [0.29, 0.717) is 11.5 Å². The van der Waals surface area contributed by atoms with Gasteiger partial charge in [-0.3, -0.25) is 4.98 Å². The fraction of sp³-hybridized carbons (Fsp3) is 0.143. The van der Waals surface area contributed by atoms with Gasteiger partial charge in [0, 0.05) is 54.4 Å². The first kappa shape index (κ1) is 16.9. The molecule has 0 spiro atoms. The van der Waals surface area contributed by atoms with Crippen molar-refractivity contribution in [3.8, 4) is 22.8 Å². The SMILES string of the molecule is COc1ccc(Nc2cc3c(cn2)cc(-c2cccnc2)n3C)cc1OC. The zero-order chi connectivity index (χ0) is 18.8. The predicted molar refractivity (Wildman–Crippen MR) is 107 cm³/mol. The fourth-order valence-corrected chi connectivity index (χ4v) is 3.15. The van der Waals surface area contributed by atoms with Gasteiger partial charge < -0.3 is 19.4 Å². The monoisotopic (exact) mass is 360 g/mol. The molecule has 136 valence electrons. The third-order valence-electron chi connectivity index (χ3n) is 4.54. The molecule has 0 bridgehead atoms. The van der Waals surface area contributed by atoms with Gasteiger partial charge >= 0.3 is 0 Å². The highest BCUT2D eigenvalue weighted by atomic mass is 16.5. The van der Waals surface area contributed by atoms with Crippen LogP contribution in [0.3, 0.4) is 0 Å². The van der Waals surface area contributed by atoms with Crippen LogP contribution in [0.1, 0.15) is 0 Å². The Morgan fingerprint density at radius 1 is 0.963 bits per heavy atom. The van der Waals surface area contributed by atoms with Crippen molar-refractivity contribution in [1.82, 2.24) is 14.5 Å². The lowest BCUT2D eigenvalue weighted by molar-refractivity contribution is 0.355. The maximum atomic E-state index is 5.36. The van der Waals surface area contributed by atoms with Gasteiger partial charge in [0.2, 0.25) is 0 Å². The number of ether oxygens (including phenoxy) is 2. The third-order valence-corrected chi connectivity index (χ3v) is 4.54. The van der Waals surface area contributed by atoms with Crippen LogP contribution in [-0.4, -0.2) is 28.8 Å². The molecular weight excluding hydrogens is 340 g/mol. The van der Waals surface area contributed by atoms with Gasteiger partial charge in [-0.25, -0.2) is 4.98 Å². The van der Waals surface area contributed by atoms with Gasteiger partial charge in [-0.2, -0.15) is 0 Å². The van der Waals surface area contributed by atoms with E-state index < -0.39 is 0 Å². The predicted octanol–water partition coefficient (Wildman–Crippen LogP) is 4.40. The third kappa shape index (κ3) is 3.17. The summed E-state index contributed by atoms with van der Waals surface area (Å²) in [6.45, 7) is 0. The lowest BCUT2D eigenvalue weighted by Gasteiger charge is -2.11. The van der Waals surface area contributed by atoms with Crippen LogP contribution in [0.2, 0.25) is 0 Å². The Morgan fingerprint density at radius 2 is 1.81 bits per heavy atom. The number of pyridine rings is 2. The van der Waals surface area contributed by atoms with Gasteiger partial charge in [0.1, 0.15) is 5.82 Å². The van der Waals surface area contributed by atoms with Crippen LogP contribution in [0.15, 0.2) is 61.1 Å². The Kier molecular flexibility index (Phi) is 4.38. The Morgan fingerprint density at radius 3 is 2.56 bits per heavy atom. The van der Waals surface area contributed by atoms with Crippen LogP contribution in [0.5, 0.6) is 11.5 Å². The van der Waals surface area contributed by atoms with E-state index in [1.165, 1.54) is 0 Å². The highest BCUT2D eigenvalue weighted by Gasteiger charge is 2.10. The molecule has 0 fully saturated rings. The van der Waals surface area contributed by atoms with Gasteiger partial charge in [-0.1, -0.05) is 0 Å². The summed E-state index contributed by atoms with van der Waals surface area (Å²) in [6.07, 6.45) is 5.52. The fourth-order valence-electron chi connectivity index (χ4n) is 3.15. The molecule has 0 amide bonds. The van der Waals surface area contributed by atoms with Crippen molar-refractivity contribution >= 4 is 22.4 Å². The summed E-state index contributed by atoms with van der Waals surface area (Å²) < 4.78 is 12.8. The molecule has 0 unspecified atom stereocenters. The Bertz CT molecular complexity index is 1090. The molecule has 0 radical (unpaired) electrons. The minimum Gasteiger partial charge on any atom is -0.493 e. The summed E-state index contributed by atoms with van der Waals surface area (Å²) in [6, 6.07) is 13.8. The summed E-state index contributed by atoms with van der Waals surface area (Å²) >= 11 is 0. The molecule has 4 aromatic rings. The minimum atomic E-state index is 0.668. The average Bonchev–Trinajstić information content (AvgIpc) is 3.05. The molecule has 0 saturated heterocycles. The molecule has 6 nitrogen and oxygen atoms in total. The van der Waals surface area contributed by atoms with E-state index in [9.17, 15) is 0 Å². The summed E-state index contributed by atoms with van der Waals surface area (Å²) in [7, 11) is 5.29. The molecule has 6 heteroatoms. The van der Waals surface area contributed by atoms with Crippen LogP contribution in [-0.2, 0) is 7.05 Å². The number of rotatable bonds is 5. The highest BCUT2D eigenvalue weighted by molar-refractivity contribution is 5.88. The molecule has 3 aromatic heterocycles. The minimum absolute atomic E-state index is 0.668. The van der Waals surface area contributed by atoms with Crippen LogP contribution < -0.4 is 14.8 Å². The zero-order valence-electron chi connectivity index (χ0n) is 15.4. The summed E-state index contributed by atoms with van der Waals surface area (Å²) in [5, 5.41) is 4.40. The average molecular weight is 360 g/mol. The Labute approximate surface area is 157 Å². The van der Waals surface area contributed by atoms with Gasteiger partial charge in [0.25, 0.3) is 0 Å². The summed E-state index contributed by atoms with van der Waals surface area (Å²) in [5.41, 5.74) is 4.14. The number of nitrogens with zero attached hydrogens (tertiary/aromatic N) is 3.